The molecule has 0 radical (unpaired) electrons. The van der Waals surface area contributed by atoms with E-state index in [1.807, 2.05) is 6.07 Å². The van der Waals surface area contributed by atoms with Crippen LogP contribution in [0.15, 0.2) is 28.7 Å². The molecule has 1 amide bonds. The first-order chi connectivity index (χ1) is 8.65. The van der Waals surface area contributed by atoms with E-state index in [9.17, 15) is 4.79 Å². The Kier molecular flexibility index (Phi) is 4.60. The molecule has 1 aliphatic carbocycles. The van der Waals surface area contributed by atoms with Gasteiger partial charge in [0, 0.05) is 17.1 Å². The number of hydrogen-bond donors (Lipinski definition) is 2. The van der Waals surface area contributed by atoms with E-state index in [0.29, 0.717) is 25.1 Å². The van der Waals surface area contributed by atoms with Crippen molar-refractivity contribution in [3.05, 3.63) is 34.3 Å². The highest BCUT2D eigenvalue weighted by molar-refractivity contribution is 9.10. The lowest BCUT2D eigenvalue weighted by molar-refractivity contribution is 0.152. The zero-order chi connectivity index (χ0) is 13.0. The Hall–Kier alpha value is -1.07. The Morgan fingerprint density at radius 2 is 2.28 bits per heavy atom. The zero-order valence-electron chi connectivity index (χ0n) is 10.1. The fourth-order valence-electron chi connectivity index (χ4n) is 2.23. The van der Waals surface area contributed by atoms with Crippen LogP contribution in [0.1, 0.15) is 24.3 Å². The second kappa shape index (κ2) is 6.20. The second-order valence-electron chi connectivity index (χ2n) is 4.54. The zero-order valence-corrected chi connectivity index (χ0v) is 11.7. The van der Waals surface area contributed by atoms with E-state index in [0.717, 1.165) is 17.3 Å². The van der Waals surface area contributed by atoms with Gasteiger partial charge in [0.25, 0.3) is 0 Å². The summed E-state index contributed by atoms with van der Waals surface area (Å²) < 4.78 is 5.79. The number of nitrogens with two attached hydrogens (primary N) is 1. The molecule has 1 aliphatic rings. The Labute approximate surface area is 115 Å². The Bertz CT molecular complexity index is 419. The molecule has 0 heterocycles. The molecule has 0 aromatic heterocycles. The lowest BCUT2D eigenvalue weighted by Crippen LogP contribution is -2.41. The van der Waals surface area contributed by atoms with Crippen molar-refractivity contribution in [1.29, 1.82) is 0 Å². The molecule has 2 rings (SSSR count). The molecule has 5 heteroatoms. The van der Waals surface area contributed by atoms with Crippen molar-refractivity contribution in [3.8, 4) is 0 Å². The largest absolute Gasteiger partial charge is 0.448 e. The lowest BCUT2D eigenvalue weighted by atomic mass is 9.76. The highest BCUT2D eigenvalue weighted by Gasteiger charge is 2.29. The van der Waals surface area contributed by atoms with Crippen LogP contribution in [0, 0.1) is 0 Å². The van der Waals surface area contributed by atoms with Crippen LogP contribution in [0.2, 0.25) is 0 Å². The monoisotopic (exact) mass is 312 g/mol. The van der Waals surface area contributed by atoms with Gasteiger partial charge in [-0.1, -0.05) is 28.1 Å². The molecule has 0 spiro atoms. The summed E-state index contributed by atoms with van der Waals surface area (Å²) in [5.41, 5.74) is 6.26. The van der Waals surface area contributed by atoms with E-state index in [1.165, 1.54) is 5.56 Å². The minimum atomic E-state index is -0.711. The topological polar surface area (TPSA) is 64.4 Å². The number of carbonyl (C=O) groups excluding carboxylic acids is 1. The van der Waals surface area contributed by atoms with Crippen LogP contribution in [0.5, 0.6) is 0 Å². The summed E-state index contributed by atoms with van der Waals surface area (Å²) in [5.74, 6) is 0.636. The number of hydrogen-bond acceptors (Lipinski definition) is 3. The number of amides is 1. The molecule has 4 nitrogen and oxygen atoms in total. The number of nitrogens with one attached hydrogen (secondary N) is 1. The maximum atomic E-state index is 10.4. The smallest absolute Gasteiger partial charge is 0.404 e. The fraction of sp³-hybridized carbons (Fsp3) is 0.462. The van der Waals surface area contributed by atoms with E-state index >= 15 is 0 Å². The highest BCUT2D eigenvalue weighted by atomic mass is 79.9. The van der Waals surface area contributed by atoms with Gasteiger partial charge in [-0.25, -0.2) is 4.79 Å². The van der Waals surface area contributed by atoms with Gasteiger partial charge in [-0.05, 0) is 36.5 Å². The number of rotatable bonds is 5. The van der Waals surface area contributed by atoms with E-state index in [4.69, 9.17) is 5.73 Å². The third-order valence-electron chi connectivity index (χ3n) is 3.24. The molecule has 0 saturated heterocycles. The molecule has 0 unspecified atom stereocenters. The summed E-state index contributed by atoms with van der Waals surface area (Å²) in [6.45, 7) is 1.01. The summed E-state index contributed by atoms with van der Waals surface area (Å²) in [6, 6.07) is 8.98. The third kappa shape index (κ3) is 3.71. The quantitative estimate of drug-likeness (QED) is 0.820. The Balaban J connectivity index is 1.66. The summed E-state index contributed by atoms with van der Waals surface area (Å²) in [5, 5.41) is 3.34. The molecule has 0 aliphatic heterocycles. The predicted octanol–water partition coefficient (Wildman–Crippen LogP) is 2.38. The second-order valence-corrected chi connectivity index (χ2v) is 5.46. The lowest BCUT2D eigenvalue weighted by Gasteiger charge is -2.36. The SMILES string of the molecule is NC(=O)OCCNC1CC(c2cccc(Br)c2)C1. The van der Waals surface area contributed by atoms with Crippen molar-refractivity contribution >= 4 is 22.0 Å². The fourth-order valence-corrected chi connectivity index (χ4v) is 2.65. The Morgan fingerprint density at radius 1 is 1.50 bits per heavy atom. The van der Waals surface area contributed by atoms with Crippen LogP contribution in [-0.4, -0.2) is 25.3 Å². The molecule has 0 bridgehead atoms. The molecule has 18 heavy (non-hydrogen) atoms. The van der Waals surface area contributed by atoms with E-state index in [1.54, 1.807) is 0 Å². The molecule has 1 saturated carbocycles. The molecule has 0 atom stereocenters. The van der Waals surface area contributed by atoms with Crippen molar-refractivity contribution in [3.63, 3.8) is 0 Å². The van der Waals surface area contributed by atoms with E-state index in [2.05, 4.69) is 44.2 Å². The average molecular weight is 313 g/mol. The molecular weight excluding hydrogens is 296 g/mol. The molecule has 1 aromatic rings. The first kappa shape index (κ1) is 13.4. The summed E-state index contributed by atoms with van der Waals surface area (Å²) in [7, 11) is 0. The number of ether oxygens (including phenoxy) is 1. The minimum absolute atomic E-state index is 0.341. The standard InChI is InChI=1S/C13H17BrN2O2/c14-11-3-1-2-9(6-11)10-7-12(8-10)16-4-5-18-13(15)17/h1-3,6,10,12,16H,4-5,7-8H2,(H2,15,17). The van der Waals surface area contributed by atoms with Gasteiger partial charge in [-0.15, -0.1) is 0 Å². The normalized spacial score (nSPS) is 22.3. The van der Waals surface area contributed by atoms with Crippen molar-refractivity contribution in [2.45, 2.75) is 24.8 Å². The van der Waals surface area contributed by atoms with Crippen LogP contribution in [0.4, 0.5) is 4.79 Å². The van der Waals surface area contributed by atoms with Gasteiger partial charge in [0.15, 0.2) is 0 Å². The van der Waals surface area contributed by atoms with Crippen molar-refractivity contribution < 1.29 is 9.53 Å². The van der Waals surface area contributed by atoms with Gasteiger partial charge in [-0.3, -0.25) is 0 Å². The minimum Gasteiger partial charge on any atom is -0.448 e. The predicted molar refractivity (Wildman–Crippen MR) is 73.4 cm³/mol. The van der Waals surface area contributed by atoms with Crippen molar-refractivity contribution in [2.24, 2.45) is 5.73 Å². The van der Waals surface area contributed by atoms with E-state index < -0.39 is 6.09 Å². The Morgan fingerprint density at radius 3 is 2.94 bits per heavy atom. The number of halogens is 1. The van der Waals surface area contributed by atoms with Gasteiger partial charge >= 0.3 is 6.09 Å². The molecule has 1 aromatic carbocycles. The number of carbonyl (C=O) groups is 1. The van der Waals surface area contributed by atoms with Gasteiger partial charge < -0.3 is 15.8 Å². The highest BCUT2D eigenvalue weighted by Crippen LogP contribution is 2.37. The van der Waals surface area contributed by atoms with Crippen LogP contribution in [0.3, 0.4) is 0 Å². The van der Waals surface area contributed by atoms with Crippen LogP contribution < -0.4 is 11.1 Å². The van der Waals surface area contributed by atoms with Crippen molar-refractivity contribution in [2.75, 3.05) is 13.2 Å². The maximum absolute atomic E-state index is 10.4. The van der Waals surface area contributed by atoms with Crippen molar-refractivity contribution in [1.82, 2.24) is 5.32 Å². The first-order valence-electron chi connectivity index (χ1n) is 6.06. The number of primary amides is 1. The van der Waals surface area contributed by atoms with Gasteiger partial charge in [0.1, 0.15) is 6.61 Å². The van der Waals surface area contributed by atoms with E-state index in [-0.39, 0.29) is 0 Å². The van der Waals surface area contributed by atoms with Crippen LogP contribution in [-0.2, 0) is 4.74 Å². The number of benzene rings is 1. The summed E-state index contributed by atoms with van der Waals surface area (Å²) in [6.07, 6.45) is 1.55. The van der Waals surface area contributed by atoms with Gasteiger partial charge in [0.05, 0.1) is 0 Å². The summed E-state index contributed by atoms with van der Waals surface area (Å²) >= 11 is 3.49. The third-order valence-corrected chi connectivity index (χ3v) is 3.73. The van der Waals surface area contributed by atoms with Gasteiger partial charge in [0.2, 0.25) is 0 Å². The molecule has 3 N–H and O–H groups in total. The maximum Gasteiger partial charge on any atom is 0.404 e. The first-order valence-corrected chi connectivity index (χ1v) is 6.85. The van der Waals surface area contributed by atoms with Crippen LogP contribution >= 0.6 is 15.9 Å². The average Bonchev–Trinajstić information content (AvgIpc) is 2.25. The molecule has 1 fully saturated rings. The molecule has 98 valence electrons. The molecular formula is C13H17BrN2O2. The van der Waals surface area contributed by atoms with Gasteiger partial charge in [-0.2, -0.15) is 0 Å². The van der Waals surface area contributed by atoms with Crippen LogP contribution in [0.25, 0.3) is 0 Å². The summed E-state index contributed by atoms with van der Waals surface area (Å²) in [4.78, 5) is 10.4.